The Morgan fingerprint density at radius 3 is 2.53 bits per heavy atom. The lowest BCUT2D eigenvalue weighted by Crippen LogP contribution is -2.11. The van der Waals surface area contributed by atoms with Gasteiger partial charge in [-0.2, -0.15) is 13.2 Å². The van der Waals surface area contributed by atoms with Gasteiger partial charge < -0.3 is 9.84 Å². The molecule has 3 nitrogen and oxygen atoms in total. The van der Waals surface area contributed by atoms with Crippen LogP contribution in [0.15, 0.2) is 17.0 Å². The number of alkyl halides is 3. The highest BCUT2D eigenvalue weighted by atomic mass is 32.2. The predicted octanol–water partition coefficient (Wildman–Crippen LogP) is 3.45. The van der Waals surface area contributed by atoms with Crippen molar-refractivity contribution in [1.82, 2.24) is 0 Å². The minimum Gasteiger partial charge on any atom is -0.478 e. The number of rotatable bonds is 5. The van der Waals surface area contributed by atoms with Crippen LogP contribution in [0.25, 0.3) is 0 Å². The Morgan fingerprint density at radius 1 is 1.42 bits per heavy atom. The zero-order valence-electron chi connectivity index (χ0n) is 10.4. The van der Waals surface area contributed by atoms with Gasteiger partial charge in [-0.3, -0.25) is 0 Å². The van der Waals surface area contributed by atoms with Gasteiger partial charge in [-0.15, -0.1) is 11.8 Å². The Balaban J connectivity index is 3.25. The van der Waals surface area contributed by atoms with Gasteiger partial charge in [-0.25, -0.2) is 4.79 Å². The standard InChI is InChI=1S/C12H13F3O3S/c1-7-8(11(16)17)3-4-9(12(13,14)15)10(7)19-6-5-18-2/h3-4H,5-6H2,1-2H3,(H,16,17). The van der Waals surface area contributed by atoms with Gasteiger partial charge in [-0.05, 0) is 24.6 Å². The van der Waals surface area contributed by atoms with Gasteiger partial charge in [0.1, 0.15) is 0 Å². The molecule has 0 amide bonds. The molecule has 0 bridgehead atoms. The number of hydrogen-bond donors (Lipinski definition) is 1. The van der Waals surface area contributed by atoms with E-state index in [1.54, 1.807) is 0 Å². The maximum atomic E-state index is 12.9. The highest BCUT2D eigenvalue weighted by molar-refractivity contribution is 7.99. The highest BCUT2D eigenvalue weighted by Gasteiger charge is 2.35. The molecule has 1 aromatic carbocycles. The molecule has 0 aliphatic rings. The van der Waals surface area contributed by atoms with E-state index < -0.39 is 17.7 Å². The molecule has 0 aromatic heterocycles. The normalized spacial score (nSPS) is 11.6. The summed E-state index contributed by atoms with van der Waals surface area (Å²) in [6.07, 6.45) is -4.50. The molecule has 0 heterocycles. The molecule has 106 valence electrons. The number of carboxylic acids is 1. The zero-order chi connectivity index (χ0) is 14.6. The van der Waals surface area contributed by atoms with Crippen molar-refractivity contribution in [3.63, 3.8) is 0 Å². The molecule has 19 heavy (non-hydrogen) atoms. The van der Waals surface area contributed by atoms with Crippen LogP contribution in [0.2, 0.25) is 0 Å². The molecule has 0 aliphatic carbocycles. The van der Waals surface area contributed by atoms with Crippen LogP contribution in [0.3, 0.4) is 0 Å². The van der Waals surface area contributed by atoms with E-state index in [-0.39, 0.29) is 16.0 Å². The van der Waals surface area contributed by atoms with Crippen LogP contribution in [-0.2, 0) is 10.9 Å². The van der Waals surface area contributed by atoms with Gasteiger partial charge in [0.25, 0.3) is 0 Å². The SMILES string of the molecule is COCCSc1c(C(F)(F)F)ccc(C(=O)O)c1C. The first-order valence-corrected chi connectivity index (χ1v) is 6.33. The number of ether oxygens (including phenoxy) is 1. The van der Waals surface area contributed by atoms with Crippen LogP contribution in [0.4, 0.5) is 13.2 Å². The van der Waals surface area contributed by atoms with Gasteiger partial charge in [0.15, 0.2) is 0 Å². The molecule has 0 radical (unpaired) electrons. The summed E-state index contributed by atoms with van der Waals surface area (Å²) in [6.45, 7) is 1.67. The second kappa shape index (κ2) is 6.29. The van der Waals surface area contributed by atoms with Crippen molar-refractivity contribution in [1.29, 1.82) is 0 Å². The van der Waals surface area contributed by atoms with Crippen molar-refractivity contribution in [3.8, 4) is 0 Å². The van der Waals surface area contributed by atoms with Gasteiger partial charge in [-0.1, -0.05) is 0 Å². The maximum absolute atomic E-state index is 12.9. The predicted molar refractivity (Wildman–Crippen MR) is 65.7 cm³/mol. The molecule has 0 unspecified atom stereocenters. The Hall–Kier alpha value is -1.21. The maximum Gasteiger partial charge on any atom is 0.417 e. The molecule has 0 fully saturated rings. The fourth-order valence-corrected chi connectivity index (χ4v) is 2.68. The molecule has 0 spiro atoms. The fourth-order valence-electron chi connectivity index (χ4n) is 1.56. The van der Waals surface area contributed by atoms with E-state index in [0.717, 1.165) is 23.9 Å². The van der Waals surface area contributed by atoms with Crippen LogP contribution in [0.1, 0.15) is 21.5 Å². The average molecular weight is 294 g/mol. The van der Waals surface area contributed by atoms with Crippen LogP contribution in [0.5, 0.6) is 0 Å². The van der Waals surface area contributed by atoms with Gasteiger partial charge in [0, 0.05) is 17.8 Å². The monoisotopic (exact) mass is 294 g/mol. The lowest BCUT2D eigenvalue weighted by molar-refractivity contribution is -0.139. The topological polar surface area (TPSA) is 46.5 Å². The van der Waals surface area contributed by atoms with Crippen molar-refractivity contribution in [2.75, 3.05) is 19.5 Å². The number of carboxylic acid groups (broad SMARTS) is 1. The number of thioether (sulfide) groups is 1. The lowest BCUT2D eigenvalue weighted by Gasteiger charge is -2.16. The lowest BCUT2D eigenvalue weighted by atomic mass is 10.0. The highest BCUT2D eigenvalue weighted by Crippen LogP contribution is 2.39. The third-order valence-electron chi connectivity index (χ3n) is 2.48. The van der Waals surface area contributed by atoms with Crippen molar-refractivity contribution in [3.05, 3.63) is 28.8 Å². The number of methoxy groups -OCH3 is 1. The largest absolute Gasteiger partial charge is 0.478 e. The second-order valence-electron chi connectivity index (χ2n) is 3.76. The van der Waals surface area contributed by atoms with Crippen LogP contribution in [0, 0.1) is 6.92 Å². The molecule has 1 N–H and O–H groups in total. The Kier molecular flexibility index (Phi) is 5.25. The van der Waals surface area contributed by atoms with Gasteiger partial charge in [0.2, 0.25) is 0 Å². The summed E-state index contributed by atoms with van der Waals surface area (Å²) in [7, 11) is 1.45. The third kappa shape index (κ3) is 3.87. The van der Waals surface area contributed by atoms with Crippen LogP contribution < -0.4 is 0 Å². The summed E-state index contributed by atoms with van der Waals surface area (Å²) in [5.41, 5.74) is -0.799. The third-order valence-corrected chi connectivity index (χ3v) is 3.66. The first kappa shape index (κ1) is 15.8. The summed E-state index contributed by atoms with van der Waals surface area (Å²) in [4.78, 5) is 10.9. The van der Waals surface area contributed by atoms with E-state index >= 15 is 0 Å². The number of carbonyl (C=O) groups is 1. The summed E-state index contributed by atoms with van der Waals surface area (Å²) in [5.74, 6) is -0.913. The zero-order valence-corrected chi connectivity index (χ0v) is 11.2. The minimum atomic E-state index is -4.50. The first-order valence-electron chi connectivity index (χ1n) is 5.35. The molecule has 0 atom stereocenters. The molecule has 7 heteroatoms. The minimum absolute atomic E-state index is 0.0514. The van der Waals surface area contributed by atoms with E-state index in [1.807, 2.05) is 0 Å². The molecule has 0 aliphatic heterocycles. The summed E-state index contributed by atoms with van der Waals surface area (Å²) < 4.78 is 43.4. The smallest absolute Gasteiger partial charge is 0.417 e. The number of benzene rings is 1. The summed E-state index contributed by atoms with van der Waals surface area (Å²) in [6, 6.07) is 1.80. The van der Waals surface area contributed by atoms with E-state index in [2.05, 4.69) is 0 Å². The molecular weight excluding hydrogens is 281 g/mol. The van der Waals surface area contributed by atoms with E-state index in [9.17, 15) is 18.0 Å². The van der Waals surface area contributed by atoms with E-state index in [1.165, 1.54) is 14.0 Å². The van der Waals surface area contributed by atoms with Crippen molar-refractivity contribution < 1.29 is 27.8 Å². The van der Waals surface area contributed by atoms with Gasteiger partial charge in [0.05, 0.1) is 17.7 Å². The van der Waals surface area contributed by atoms with Crippen LogP contribution >= 0.6 is 11.8 Å². The fraction of sp³-hybridized carbons (Fsp3) is 0.417. The average Bonchev–Trinajstić information content (AvgIpc) is 2.29. The van der Waals surface area contributed by atoms with Crippen molar-refractivity contribution in [2.45, 2.75) is 18.0 Å². The Morgan fingerprint density at radius 2 is 2.05 bits per heavy atom. The molecule has 0 saturated carbocycles. The van der Waals surface area contributed by atoms with Crippen LogP contribution in [-0.4, -0.2) is 30.5 Å². The molecular formula is C12H13F3O3S. The second-order valence-corrected chi connectivity index (χ2v) is 4.86. The van der Waals surface area contributed by atoms with E-state index in [0.29, 0.717) is 12.4 Å². The number of halogens is 3. The molecule has 0 saturated heterocycles. The summed E-state index contributed by atoms with van der Waals surface area (Å²) >= 11 is 0.948. The first-order chi connectivity index (χ1) is 8.79. The van der Waals surface area contributed by atoms with Gasteiger partial charge >= 0.3 is 12.1 Å². The Bertz CT molecular complexity index is 472. The Labute approximate surface area is 112 Å². The molecule has 1 rings (SSSR count). The number of hydrogen-bond acceptors (Lipinski definition) is 3. The quantitative estimate of drug-likeness (QED) is 0.667. The van der Waals surface area contributed by atoms with E-state index in [4.69, 9.17) is 9.84 Å². The number of aromatic carboxylic acids is 1. The van der Waals surface area contributed by atoms with Crippen molar-refractivity contribution in [2.24, 2.45) is 0 Å². The summed E-state index contributed by atoms with van der Waals surface area (Å²) in [5, 5.41) is 8.94. The van der Waals surface area contributed by atoms with Crippen molar-refractivity contribution >= 4 is 17.7 Å². The molecule has 1 aromatic rings.